The molecule has 2 aliphatic rings. The van der Waals surface area contributed by atoms with Crippen LogP contribution in [0.4, 0.5) is 5.69 Å². The zero-order valence-corrected chi connectivity index (χ0v) is 21.9. The number of benzene rings is 1. The molecule has 1 atom stereocenters. The summed E-state index contributed by atoms with van der Waals surface area (Å²) in [5, 5.41) is 3.36. The van der Waals surface area contributed by atoms with Gasteiger partial charge in [-0.05, 0) is 94.5 Å². The molecule has 2 heterocycles. The normalized spacial score (nSPS) is 18.9. The average Bonchev–Trinajstić information content (AvgIpc) is 3.32. The fraction of sp³-hybridized carbons (Fsp3) is 0.655. The maximum absolute atomic E-state index is 12.9. The van der Waals surface area contributed by atoms with Gasteiger partial charge in [0.25, 0.3) is 0 Å². The van der Waals surface area contributed by atoms with Crippen LogP contribution in [0.15, 0.2) is 35.3 Å². The highest BCUT2D eigenvalue weighted by atomic mass is 16.5. The fourth-order valence-corrected chi connectivity index (χ4v) is 5.08. The van der Waals surface area contributed by atoms with Gasteiger partial charge in [0.1, 0.15) is 0 Å². The summed E-state index contributed by atoms with van der Waals surface area (Å²) in [5.41, 5.74) is 5.75. The number of aryl methyl sites for hydroxylation is 1. The van der Waals surface area contributed by atoms with Crippen molar-refractivity contribution in [3.63, 3.8) is 0 Å². The Morgan fingerprint density at radius 3 is 2.56 bits per heavy atom. The molecule has 5 heteroatoms. The first kappa shape index (κ1) is 26.6. The van der Waals surface area contributed by atoms with E-state index in [-0.39, 0.29) is 11.9 Å². The van der Waals surface area contributed by atoms with Crippen LogP contribution in [0.3, 0.4) is 0 Å². The molecule has 1 unspecified atom stereocenters. The third-order valence-electron chi connectivity index (χ3n) is 7.25. The van der Waals surface area contributed by atoms with Crippen molar-refractivity contribution in [2.45, 2.75) is 84.6 Å². The highest BCUT2D eigenvalue weighted by Crippen LogP contribution is 2.26. The van der Waals surface area contributed by atoms with Crippen LogP contribution in [0.2, 0.25) is 0 Å². The van der Waals surface area contributed by atoms with E-state index in [1.54, 1.807) is 0 Å². The van der Waals surface area contributed by atoms with E-state index in [4.69, 9.17) is 9.73 Å². The second-order valence-electron chi connectivity index (χ2n) is 10.6. The quantitative estimate of drug-likeness (QED) is 0.323. The number of hydrogen-bond acceptors (Lipinski definition) is 4. The summed E-state index contributed by atoms with van der Waals surface area (Å²) >= 11 is 0. The lowest BCUT2D eigenvalue weighted by molar-refractivity contribution is -0.122. The molecule has 0 aromatic heterocycles. The monoisotopic (exact) mass is 467 g/mol. The number of carbonyl (C=O) groups is 1. The van der Waals surface area contributed by atoms with Gasteiger partial charge in [-0.3, -0.25) is 14.7 Å². The number of nitrogens with zero attached hydrogens (tertiary/aromatic N) is 2. The lowest BCUT2D eigenvalue weighted by atomic mass is 9.87. The average molecular weight is 468 g/mol. The number of likely N-dealkylation sites (tertiary alicyclic amines) is 1. The molecule has 0 bridgehead atoms. The number of ether oxygens (including phenoxy) is 1. The minimum Gasteiger partial charge on any atom is -0.381 e. The number of aliphatic imine (C=N–C) groups is 1. The topological polar surface area (TPSA) is 53.9 Å². The van der Waals surface area contributed by atoms with Crippen molar-refractivity contribution >= 4 is 17.3 Å². The van der Waals surface area contributed by atoms with Gasteiger partial charge in [0.15, 0.2) is 0 Å². The summed E-state index contributed by atoms with van der Waals surface area (Å²) in [4.78, 5) is 20.2. The first-order chi connectivity index (χ1) is 16.3. The summed E-state index contributed by atoms with van der Waals surface area (Å²) in [7, 11) is 0. The summed E-state index contributed by atoms with van der Waals surface area (Å²) in [5.74, 6) is 1.09. The maximum Gasteiger partial charge on any atom is 0.220 e. The number of nitrogens with one attached hydrogen (secondary N) is 1. The molecule has 1 aromatic carbocycles. The maximum atomic E-state index is 12.9. The fourth-order valence-electron chi connectivity index (χ4n) is 5.08. The van der Waals surface area contributed by atoms with Crippen molar-refractivity contribution in [3.05, 3.63) is 41.5 Å². The van der Waals surface area contributed by atoms with Crippen LogP contribution < -0.4 is 5.32 Å². The summed E-state index contributed by atoms with van der Waals surface area (Å²) < 4.78 is 5.57. The first-order valence-electron chi connectivity index (χ1n) is 13.2. The molecule has 188 valence electrons. The van der Waals surface area contributed by atoms with Crippen molar-refractivity contribution in [2.24, 2.45) is 10.9 Å². The van der Waals surface area contributed by atoms with Crippen LogP contribution in [0.25, 0.3) is 0 Å². The highest BCUT2D eigenvalue weighted by molar-refractivity contribution is 5.89. The molecule has 0 spiro atoms. The van der Waals surface area contributed by atoms with Crippen LogP contribution in [-0.2, 0) is 9.53 Å². The molecular formula is C29H45N3O2. The molecule has 0 aliphatic carbocycles. The van der Waals surface area contributed by atoms with Crippen LogP contribution in [0.1, 0.15) is 82.8 Å². The van der Waals surface area contributed by atoms with Gasteiger partial charge in [-0.25, -0.2) is 0 Å². The first-order valence-corrected chi connectivity index (χ1v) is 13.2. The van der Waals surface area contributed by atoms with E-state index in [0.29, 0.717) is 24.7 Å². The van der Waals surface area contributed by atoms with Crippen molar-refractivity contribution in [1.29, 1.82) is 0 Å². The van der Waals surface area contributed by atoms with Crippen LogP contribution >= 0.6 is 0 Å². The molecule has 2 saturated heterocycles. The molecule has 1 aromatic rings. The van der Waals surface area contributed by atoms with E-state index in [0.717, 1.165) is 50.4 Å². The molecule has 2 aliphatic heterocycles. The minimum absolute atomic E-state index is 0.117. The zero-order valence-electron chi connectivity index (χ0n) is 21.9. The second kappa shape index (κ2) is 13.2. The number of hydrogen-bond donors (Lipinski definition) is 1. The van der Waals surface area contributed by atoms with Gasteiger partial charge in [-0.2, -0.15) is 0 Å². The van der Waals surface area contributed by atoms with Gasteiger partial charge in [0.05, 0.1) is 5.69 Å². The van der Waals surface area contributed by atoms with Crippen LogP contribution in [0, 0.1) is 12.8 Å². The molecular weight excluding hydrogens is 422 g/mol. The molecule has 34 heavy (non-hydrogen) atoms. The second-order valence-corrected chi connectivity index (χ2v) is 10.6. The van der Waals surface area contributed by atoms with Gasteiger partial charge >= 0.3 is 0 Å². The van der Waals surface area contributed by atoms with Crippen molar-refractivity contribution in [3.8, 4) is 0 Å². The molecule has 1 amide bonds. The Kier molecular flexibility index (Phi) is 10.3. The third kappa shape index (κ3) is 8.35. The molecule has 5 nitrogen and oxygen atoms in total. The summed E-state index contributed by atoms with van der Waals surface area (Å²) in [6.07, 6.45) is 6.60. The minimum atomic E-state index is 0.117. The Morgan fingerprint density at radius 2 is 1.91 bits per heavy atom. The zero-order chi connectivity index (χ0) is 24.5. The SMILES string of the molecule is C=C(CC(NC(=O)CC/C(C)=N/c1ccc(C(C)C)cc1C)C1CCOCC1)CN1CCCC1. The molecule has 1 N–H and O–H groups in total. The van der Waals surface area contributed by atoms with Gasteiger partial charge in [-0.15, -0.1) is 0 Å². The summed E-state index contributed by atoms with van der Waals surface area (Å²) in [6.45, 7) is 17.8. The third-order valence-corrected chi connectivity index (χ3v) is 7.25. The molecule has 0 radical (unpaired) electrons. The van der Waals surface area contributed by atoms with Crippen LogP contribution in [0.5, 0.6) is 0 Å². The molecule has 0 saturated carbocycles. The van der Waals surface area contributed by atoms with E-state index in [2.05, 4.69) is 55.8 Å². The Balaban J connectivity index is 1.54. The Hall–Kier alpha value is -1.98. The number of carbonyl (C=O) groups excluding carboxylic acids is 1. The number of rotatable bonds is 11. The van der Waals surface area contributed by atoms with Gasteiger partial charge in [0.2, 0.25) is 5.91 Å². The van der Waals surface area contributed by atoms with Crippen molar-refractivity contribution < 1.29 is 9.53 Å². The van der Waals surface area contributed by atoms with Gasteiger partial charge in [-0.1, -0.05) is 38.1 Å². The van der Waals surface area contributed by atoms with E-state index in [1.165, 1.54) is 42.6 Å². The standard InChI is InChI=1S/C29H45N3O2/c1-21(2)26-9-10-27(23(4)19-26)30-24(5)8-11-29(33)31-28(25-12-16-34-17-13-25)18-22(3)20-32-14-6-7-15-32/h9-10,19,21,25,28H,3,6-8,11-18,20H2,1-2,4-5H3,(H,31,33)/b30-24+. The van der Waals surface area contributed by atoms with E-state index >= 15 is 0 Å². The number of amides is 1. The largest absolute Gasteiger partial charge is 0.381 e. The molecule has 3 rings (SSSR count). The van der Waals surface area contributed by atoms with Crippen LogP contribution in [-0.4, -0.2) is 55.4 Å². The highest BCUT2D eigenvalue weighted by Gasteiger charge is 2.26. The van der Waals surface area contributed by atoms with Crippen molar-refractivity contribution in [2.75, 3.05) is 32.8 Å². The van der Waals surface area contributed by atoms with E-state index in [9.17, 15) is 4.79 Å². The van der Waals surface area contributed by atoms with Crippen molar-refractivity contribution in [1.82, 2.24) is 10.2 Å². The lowest BCUT2D eigenvalue weighted by Crippen LogP contribution is -2.43. The summed E-state index contributed by atoms with van der Waals surface area (Å²) in [6, 6.07) is 6.62. The Labute approximate surface area is 207 Å². The predicted octanol–water partition coefficient (Wildman–Crippen LogP) is 5.94. The lowest BCUT2D eigenvalue weighted by Gasteiger charge is -2.32. The Bertz CT molecular complexity index is 849. The van der Waals surface area contributed by atoms with E-state index in [1.807, 2.05) is 6.92 Å². The van der Waals surface area contributed by atoms with Gasteiger partial charge < -0.3 is 10.1 Å². The smallest absolute Gasteiger partial charge is 0.220 e. The van der Waals surface area contributed by atoms with Gasteiger partial charge in [0, 0.05) is 37.9 Å². The Morgan fingerprint density at radius 1 is 1.21 bits per heavy atom. The van der Waals surface area contributed by atoms with E-state index < -0.39 is 0 Å². The predicted molar refractivity (Wildman–Crippen MR) is 142 cm³/mol. The molecule has 2 fully saturated rings.